The predicted molar refractivity (Wildman–Crippen MR) is 103 cm³/mol. The molecule has 1 heterocycles. The van der Waals surface area contributed by atoms with Crippen LogP contribution in [-0.2, 0) is 11.2 Å². The lowest BCUT2D eigenvalue weighted by molar-refractivity contribution is -0.120. The molecule has 26 heavy (non-hydrogen) atoms. The summed E-state index contributed by atoms with van der Waals surface area (Å²) in [5.41, 5.74) is 4.11. The van der Waals surface area contributed by atoms with Crippen LogP contribution in [0, 0.1) is 0 Å². The topological polar surface area (TPSA) is 46.6 Å². The number of rotatable bonds is 5. The lowest BCUT2D eigenvalue weighted by Gasteiger charge is -2.30. The molecule has 0 bridgehead atoms. The molecule has 0 spiro atoms. The van der Waals surface area contributed by atoms with Gasteiger partial charge in [-0.2, -0.15) is 0 Å². The van der Waals surface area contributed by atoms with Gasteiger partial charge in [0.05, 0.1) is 0 Å². The van der Waals surface area contributed by atoms with Crippen molar-refractivity contribution in [2.75, 3.05) is 18.1 Å². The van der Waals surface area contributed by atoms with E-state index in [9.17, 15) is 9.59 Å². The summed E-state index contributed by atoms with van der Waals surface area (Å²) >= 11 is 0. The average Bonchev–Trinajstić information content (AvgIpc) is 2.65. The fraction of sp³-hybridized carbons (Fsp3) is 0.364. The van der Waals surface area contributed by atoms with E-state index in [2.05, 4.69) is 32.0 Å². The van der Waals surface area contributed by atoms with Crippen LogP contribution in [0.5, 0.6) is 5.75 Å². The van der Waals surface area contributed by atoms with Crippen molar-refractivity contribution in [1.82, 2.24) is 0 Å². The molecule has 0 saturated carbocycles. The van der Waals surface area contributed by atoms with Crippen molar-refractivity contribution in [2.24, 2.45) is 0 Å². The Morgan fingerprint density at radius 2 is 1.96 bits per heavy atom. The second-order valence-electron chi connectivity index (χ2n) is 7.06. The summed E-state index contributed by atoms with van der Waals surface area (Å²) in [4.78, 5) is 26.0. The third-order valence-electron chi connectivity index (χ3n) is 4.79. The first-order valence-corrected chi connectivity index (χ1v) is 9.12. The Morgan fingerprint density at radius 1 is 1.15 bits per heavy atom. The van der Waals surface area contributed by atoms with Crippen molar-refractivity contribution in [3.8, 4) is 5.75 Å². The Hall–Kier alpha value is -2.62. The number of ether oxygens (including phenoxy) is 1. The number of Topliss-reactive ketones (excluding diaryl/α,β-unsaturated/α-hetero) is 1. The maximum atomic E-state index is 12.7. The summed E-state index contributed by atoms with van der Waals surface area (Å²) in [5, 5.41) is 0. The molecule has 1 aliphatic heterocycles. The van der Waals surface area contributed by atoms with Gasteiger partial charge in [0, 0.05) is 17.8 Å². The highest BCUT2D eigenvalue weighted by Crippen LogP contribution is 2.30. The first kappa shape index (κ1) is 18.2. The largest absolute Gasteiger partial charge is 0.484 e. The molecule has 0 N–H and O–H groups in total. The molecule has 0 unspecified atom stereocenters. The molecule has 0 saturated heterocycles. The smallest absolute Gasteiger partial charge is 0.264 e. The van der Waals surface area contributed by atoms with E-state index in [0.29, 0.717) is 23.8 Å². The number of carbonyl (C=O) groups is 2. The number of hydrogen-bond acceptors (Lipinski definition) is 3. The van der Waals surface area contributed by atoms with E-state index >= 15 is 0 Å². The highest BCUT2D eigenvalue weighted by Gasteiger charge is 2.23. The predicted octanol–water partition coefficient (Wildman–Crippen LogP) is 4.37. The van der Waals surface area contributed by atoms with Crippen molar-refractivity contribution in [2.45, 2.75) is 39.5 Å². The van der Waals surface area contributed by atoms with Crippen molar-refractivity contribution >= 4 is 17.4 Å². The molecule has 1 amide bonds. The van der Waals surface area contributed by atoms with Gasteiger partial charge in [0.15, 0.2) is 12.4 Å². The summed E-state index contributed by atoms with van der Waals surface area (Å²) in [7, 11) is 0. The van der Waals surface area contributed by atoms with Crippen LogP contribution in [0.2, 0.25) is 0 Å². The Morgan fingerprint density at radius 3 is 2.69 bits per heavy atom. The minimum atomic E-state index is -0.0588. The van der Waals surface area contributed by atoms with Gasteiger partial charge in [0.1, 0.15) is 5.75 Å². The van der Waals surface area contributed by atoms with Crippen LogP contribution in [0.25, 0.3) is 0 Å². The van der Waals surface area contributed by atoms with Gasteiger partial charge in [0.25, 0.3) is 5.91 Å². The van der Waals surface area contributed by atoms with Gasteiger partial charge in [-0.05, 0) is 55.0 Å². The molecule has 4 heteroatoms. The molecule has 2 aromatic rings. The number of anilines is 1. The van der Waals surface area contributed by atoms with Gasteiger partial charge in [-0.15, -0.1) is 0 Å². The summed E-state index contributed by atoms with van der Waals surface area (Å²) in [5.74, 6) is 0.936. The lowest BCUT2D eigenvalue weighted by Crippen LogP contribution is -2.38. The number of aryl methyl sites for hydroxylation is 1. The van der Waals surface area contributed by atoms with Gasteiger partial charge in [-0.1, -0.05) is 38.1 Å². The number of ketones is 1. The van der Waals surface area contributed by atoms with Crippen LogP contribution in [0.1, 0.15) is 54.6 Å². The highest BCUT2D eigenvalue weighted by molar-refractivity contribution is 5.96. The zero-order chi connectivity index (χ0) is 18.7. The Bertz CT molecular complexity index is 826. The second kappa shape index (κ2) is 7.73. The number of carbonyl (C=O) groups excluding carboxylic acids is 2. The van der Waals surface area contributed by atoms with Crippen LogP contribution < -0.4 is 9.64 Å². The minimum absolute atomic E-state index is 0.0207. The quantitative estimate of drug-likeness (QED) is 0.752. The van der Waals surface area contributed by atoms with E-state index in [-0.39, 0.29) is 18.3 Å². The molecule has 0 atom stereocenters. The number of fused-ring (bicyclic) bond motifs is 1. The van der Waals surface area contributed by atoms with Crippen LogP contribution in [0.4, 0.5) is 5.69 Å². The van der Waals surface area contributed by atoms with Crippen molar-refractivity contribution in [3.63, 3.8) is 0 Å². The standard InChI is InChI=1S/C22H25NO3/c1-15(2)17-9-10-21-19(12-17)7-5-11-23(21)22(25)14-26-20-8-4-6-18(13-20)16(3)24/h4,6,8-10,12-13,15H,5,7,11,14H2,1-3H3. The average molecular weight is 351 g/mol. The van der Waals surface area contributed by atoms with Crippen LogP contribution in [0.15, 0.2) is 42.5 Å². The van der Waals surface area contributed by atoms with Crippen molar-refractivity contribution in [1.29, 1.82) is 0 Å². The summed E-state index contributed by atoms with van der Waals surface area (Å²) in [6.07, 6.45) is 1.96. The highest BCUT2D eigenvalue weighted by atomic mass is 16.5. The fourth-order valence-electron chi connectivity index (χ4n) is 3.26. The molecule has 0 radical (unpaired) electrons. The zero-order valence-corrected chi connectivity index (χ0v) is 15.6. The van der Waals surface area contributed by atoms with Gasteiger partial charge in [-0.3, -0.25) is 9.59 Å². The van der Waals surface area contributed by atoms with Gasteiger partial charge < -0.3 is 9.64 Å². The number of benzene rings is 2. The van der Waals surface area contributed by atoms with E-state index in [1.807, 2.05) is 4.90 Å². The SMILES string of the molecule is CC(=O)c1cccc(OCC(=O)N2CCCc3cc(C(C)C)ccc32)c1. The summed E-state index contributed by atoms with van der Waals surface area (Å²) < 4.78 is 5.65. The maximum Gasteiger partial charge on any atom is 0.264 e. The molecule has 4 nitrogen and oxygen atoms in total. The molecule has 3 rings (SSSR count). The molecular weight excluding hydrogens is 326 g/mol. The summed E-state index contributed by atoms with van der Waals surface area (Å²) in [6.45, 7) is 6.55. The maximum absolute atomic E-state index is 12.7. The van der Waals surface area contributed by atoms with E-state index < -0.39 is 0 Å². The van der Waals surface area contributed by atoms with Gasteiger partial charge in [-0.25, -0.2) is 0 Å². The first-order chi connectivity index (χ1) is 12.5. The Balaban J connectivity index is 1.71. The number of hydrogen-bond donors (Lipinski definition) is 0. The molecule has 0 fully saturated rings. The molecule has 2 aromatic carbocycles. The van der Waals surface area contributed by atoms with Crippen LogP contribution in [-0.4, -0.2) is 24.8 Å². The van der Waals surface area contributed by atoms with Gasteiger partial charge in [0.2, 0.25) is 0 Å². The van der Waals surface area contributed by atoms with Crippen LogP contribution in [0.3, 0.4) is 0 Å². The normalized spacial score (nSPS) is 13.5. The second-order valence-corrected chi connectivity index (χ2v) is 7.06. The molecule has 136 valence electrons. The third-order valence-corrected chi connectivity index (χ3v) is 4.79. The first-order valence-electron chi connectivity index (χ1n) is 9.12. The van der Waals surface area contributed by atoms with Gasteiger partial charge >= 0.3 is 0 Å². The van der Waals surface area contributed by atoms with Crippen molar-refractivity contribution < 1.29 is 14.3 Å². The molecule has 0 aliphatic carbocycles. The number of nitrogens with zero attached hydrogens (tertiary/aromatic N) is 1. The lowest BCUT2D eigenvalue weighted by atomic mass is 9.95. The Kier molecular flexibility index (Phi) is 5.40. The van der Waals surface area contributed by atoms with E-state index in [4.69, 9.17) is 4.74 Å². The fourth-order valence-corrected chi connectivity index (χ4v) is 3.26. The van der Waals surface area contributed by atoms with Crippen molar-refractivity contribution in [3.05, 3.63) is 59.2 Å². The monoisotopic (exact) mass is 351 g/mol. The van der Waals surface area contributed by atoms with Crippen LogP contribution >= 0.6 is 0 Å². The zero-order valence-electron chi connectivity index (χ0n) is 15.6. The minimum Gasteiger partial charge on any atom is -0.484 e. The number of amides is 1. The van der Waals surface area contributed by atoms with E-state index in [0.717, 1.165) is 18.5 Å². The Labute approximate surface area is 154 Å². The molecular formula is C22H25NO3. The summed E-state index contributed by atoms with van der Waals surface area (Å²) in [6, 6.07) is 13.3. The molecule has 0 aromatic heterocycles. The molecule has 1 aliphatic rings. The van der Waals surface area contributed by atoms with E-state index in [1.165, 1.54) is 18.1 Å². The third kappa shape index (κ3) is 3.96. The van der Waals surface area contributed by atoms with E-state index in [1.54, 1.807) is 24.3 Å².